The fraction of sp³-hybridized carbons (Fsp3) is 0.364. The second kappa shape index (κ2) is 9.26. The van der Waals surface area contributed by atoms with Gasteiger partial charge in [-0.2, -0.15) is 0 Å². The molecule has 2 N–H and O–H groups in total. The number of carbonyl (C=O) groups excluding carboxylic acids is 2. The van der Waals surface area contributed by atoms with E-state index in [0.29, 0.717) is 11.7 Å². The van der Waals surface area contributed by atoms with E-state index >= 15 is 0 Å². The largest absolute Gasteiger partial charge is 0.483 e. The Hall–Kier alpha value is -3.02. The van der Waals surface area contributed by atoms with E-state index in [2.05, 4.69) is 30.8 Å². The minimum atomic E-state index is -0.397. The van der Waals surface area contributed by atoms with Gasteiger partial charge in [0.25, 0.3) is 11.8 Å². The van der Waals surface area contributed by atoms with Gasteiger partial charge in [-0.05, 0) is 42.0 Å². The first-order valence-corrected chi connectivity index (χ1v) is 9.67. The number of anilines is 1. The summed E-state index contributed by atoms with van der Waals surface area (Å²) in [6.45, 7) is 5.01. The standard InChI is InChI=1S/C22H27N3O3/c1-16(2)18-10-4-6-12-20(18)28-15-22(27)24-23-21(26)14-25-13-7-9-17-8-3-5-11-19(17)25/h3-6,8,10-12,16H,7,9,13-15H2,1-2H3,(H,23,26)(H,24,27). The first-order chi connectivity index (χ1) is 13.5. The average molecular weight is 381 g/mol. The molecule has 0 fully saturated rings. The monoisotopic (exact) mass is 381 g/mol. The molecule has 1 heterocycles. The third-order valence-electron chi connectivity index (χ3n) is 4.78. The average Bonchev–Trinajstić information content (AvgIpc) is 2.71. The van der Waals surface area contributed by atoms with Gasteiger partial charge in [-0.3, -0.25) is 20.4 Å². The van der Waals surface area contributed by atoms with E-state index < -0.39 is 5.91 Å². The molecule has 0 atom stereocenters. The molecule has 1 aliphatic rings. The summed E-state index contributed by atoms with van der Waals surface area (Å²) in [7, 11) is 0. The summed E-state index contributed by atoms with van der Waals surface area (Å²) < 4.78 is 5.62. The van der Waals surface area contributed by atoms with E-state index in [9.17, 15) is 9.59 Å². The van der Waals surface area contributed by atoms with Crippen LogP contribution in [0.15, 0.2) is 48.5 Å². The second-order valence-electron chi connectivity index (χ2n) is 7.23. The highest BCUT2D eigenvalue weighted by Crippen LogP contribution is 2.26. The Morgan fingerprint density at radius 3 is 2.57 bits per heavy atom. The lowest BCUT2D eigenvalue weighted by molar-refractivity contribution is -0.129. The van der Waals surface area contributed by atoms with Gasteiger partial charge in [-0.25, -0.2) is 0 Å². The maximum atomic E-state index is 12.2. The lowest BCUT2D eigenvalue weighted by Crippen LogP contribution is -2.48. The Morgan fingerprint density at radius 1 is 1.04 bits per heavy atom. The smallest absolute Gasteiger partial charge is 0.276 e. The fourth-order valence-electron chi connectivity index (χ4n) is 3.40. The Balaban J connectivity index is 1.46. The number of para-hydroxylation sites is 2. The van der Waals surface area contributed by atoms with Gasteiger partial charge < -0.3 is 9.64 Å². The van der Waals surface area contributed by atoms with Crippen molar-refractivity contribution in [2.45, 2.75) is 32.6 Å². The van der Waals surface area contributed by atoms with Crippen molar-refractivity contribution in [1.29, 1.82) is 0 Å². The molecule has 0 spiro atoms. The number of amides is 2. The van der Waals surface area contributed by atoms with E-state index in [4.69, 9.17) is 4.74 Å². The van der Waals surface area contributed by atoms with Crippen LogP contribution in [0.25, 0.3) is 0 Å². The van der Waals surface area contributed by atoms with Crippen LogP contribution >= 0.6 is 0 Å². The zero-order valence-electron chi connectivity index (χ0n) is 16.4. The molecular weight excluding hydrogens is 354 g/mol. The summed E-state index contributed by atoms with van der Waals surface area (Å²) in [6, 6.07) is 15.8. The minimum absolute atomic E-state index is 0.156. The van der Waals surface area contributed by atoms with Crippen LogP contribution in [0.5, 0.6) is 5.75 Å². The van der Waals surface area contributed by atoms with Crippen molar-refractivity contribution in [3.8, 4) is 5.75 Å². The van der Waals surface area contributed by atoms with Crippen LogP contribution in [0.4, 0.5) is 5.69 Å². The Labute approximate surface area is 165 Å². The summed E-state index contributed by atoms with van der Waals surface area (Å²) >= 11 is 0. The molecule has 2 aromatic carbocycles. The Kier molecular flexibility index (Phi) is 6.53. The van der Waals surface area contributed by atoms with Gasteiger partial charge >= 0.3 is 0 Å². The van der Waals surface area contributed by atoms with E-state index in [1.54, 1.807) is 0 Å². The summed E-state index contributed by atoms with van der Waals surface area (Å²) in [5, 5.41) is 0. The first kappa shape index (κ1) is 19.7. The molecular formula is C22H27N3O3. The van der Waals surface area contributed by atoms with Gasteiger partial charge in [-0.15, -0.1) is 0 Å². The first-order valence-electron chi connectivity index (χ1n) is 9.67. The number of nitrogens with one attached hydrogen (secondary N) is 2. The molecule has 2 amide bonds. The van der Waals surface area contributed by atoms with Gasteiger partial charge in [0.2, 0.25) is 0 Å². The highest BCUT2D eigenvalue weighted by molar-refractivity contribution is 5.85. The molecule has 148 valence electrons. The lowest BCUT2D eigenvalue weighted by Gasteiger charge is -2.30. The number of ether oxygens (including phenoxy) is 1. The van der Waals surface area contributed by atoms with Crippen molar-refractivity contribution in [3.05, 3.63) is 59.7 Å². The molecule has 0 aliphatic carbocycles. The van der Waals surface area contributed by atoms with Gasteiger partial charge in [0, 0.05) is 12.2 Å². The summed E-state index contributed by atoms with van der Waals surface area (Å²) in [4.78, 5) is 26.3. The van der Waals surface area contributed by atoms with Crippen LogP contribution in [0.1, 0.15) is 37.3 Å². The number of carbonyl (C=O) groups is 2. The number of hydrogen-bond donors (Lipinski definition) is 2. The van der Waals surface area contributed by atoms with Crippen LogP contribution in [-0.4, -0.2) is 31.5 Å². The molecule has 0 unspecified atom stereocenters. The Morgan fingerprint density at radius 2 is 1.75 bits per heavy atom. The maximum absolute atomic E-state index is 12.2. The number of hydrazine groups is 1. The SMILES string of the molecule is CC(C)c1ccccc1OCC(=O)NNC(=O)CN1CCCc2ccccc21. The predicted molar refractivity (Wildman–Crippen MR) is 109 cm³/mol. The van der Waals surface area contributed by atoms with Crippen molar-refractivity contribution < 1.29 is 14.3 Å². The topological polar surface area (TPSA) is 70.7 Å². The molecule has 0 saturated carbocycles. The summed E-state index contributed by atoms with van der Waals surface area (Å²) in [6.07, 6.45) is 2.04. The van der Waals surface area contributed by atoms with Gasteiger partial charge in [0.1, 0.15) is 5.75 Å². The molecule has 0 bridgehead atoms. The highest BCUT2D eigenvalue weighted by Gasteiger charge is 2.19. The highest BCUT2D eigenvalue weighted by atomic mass is 16.5. The number of benzene rings is 2. The quantitative estimate of drug-likeness (QED) is 0.755. The van der Waals surface area contributed by atoms with E-state index in [1.165, 1.54) is 5.56 Å². The Bertz CT molecular complexity index is 835. The zero-order valence-corrected chi connectivity index (χ0v) is 16.4. The van der Waals surface area contributed by atoms with E-state index in [1.807, 2.05) is 47.4 Å². The van der Waals surface area contributed by atoms with Gasteiger partial charge in [0.15, 0.2) is 6.61 Å². The normalized spacial score (nSPS) is 13.0. The van der Waals surface area contributed by atoms with E-state index in [0.717, 1.165) is 30.6 Å². The maximum Gasteiger partial charge on any atom is 0.276 e. The number of hydrogen-bond acceptors (Lipinski definition) is 4. The van der Waals surface area contributed by atoms with Crippen molar-refractivity contribution in [2.75, 3.05) is 24.6 Å². The number of fused-ring (bicyclic) bond motifs is 1. The van der Waals surface area contributed by atoms with E-state index in [-0.39, 0.29) is 19.1 Å². The van der Waals surface area contributed by atoms with Crippen LogP contribution in [0.2, 0.25) is 0 Å². The lowest BCUT2D eigenvalue weighted by atomic mass is 10.0. The van der Waals surface area contributed by atoms with Crippen LogP contribution in [-0.2, 0) is 16.0 Å². The molecule has 28 heavy (non-hydrogen) atoms. The van der Waals surface area contributed by atoms with Crippen molar-refractivity contribution in [2.24, 2.45) is 0 Å². The zero-order chi connectivity index (χ0) is 19.9. The summed E-state index contributed by atoms with van der Waals surface area (Å²) in [5.41, 5.74) is 8.28. The third-order valence-corrected chi connectivity index (χ3v) is 4.78. The van der Waals surface area contributed by atoms with Crippen molar-refractivity contribution in [3.63, 3.8) is 0 Å². The van der Waals surface area contributed by atoms with Crippen molar-refractivity contribution in [1.82, 2.24) is 10.9 Å². The molecule has 2 aromatic rings. The molecule has 3 rings (SSSR count). The van der Waals surface area contributed by atoms with Crippen LogP contribution in [0.3, 0.4) is 0 Å². The predicted octanol–water partition coefficient (Wildman–Crippen LogP) is 2.79. The molecule has 6 nitrogen and oxygen atoms in total. The fourth-order valence-corrected chi connectivity index (χ4v) is 3.40. The number of nitrogens with zero attached hydrogens (tertiary/aromatic N) is 1. The van der Waals surface area contributed by atoms with Gasteiger partial charge in [-0.1, -0.05) is 50.2 Å². The number of aryl methyl sites for hydroxylation is 1. The van der Waals surface area contributed by atoms with Gasteiger partial charge in [0.05, 0.1) is 6.54 Å². The summed E-state index contributed by atoms with van der Waals surface area (Å²) in [5.74, 6) is 0.328. The van der Waals surface area contributed by atoms with Crippen LogP contribution in [0, 0.1) is 0 Å². The minimum Gasteiger partial charge on any atom is -0.483 e. The molecule has 1 aliphatic heterocycles. The molecule has 0 radical (unpaired) electrons. The number of rotatable bonds is 6. The second-order valence-corrected chi connectivity index (χ2v) is 7.23. The molecule has 6 heteroatoms. The van der Waals surface area contributed by atoms with Crippen LogP contribution < -0.4 is 20.5 Å². The third kappa shape index (κ3) is 5.03. The van der Waals surface area contributed by atoms with Crippen molar-refractivity contribution >= 4 is 17.5 Å². The molecule has 0 aromatic heterocycles. The molecule has 0 saturated heterocycles.